The van der Waals surface area contributed by atoms with E-state index in [-0.39, 0.29) is 5.75 Å². The summed E-state index contributed by atoms with van der Waals surface area (Å²) in [5, 5.41) is 12.0. The Labute approximate surface area is 159 Å². The smallest absolute Gasteiger partial charge is 0.127 e. The van der Waals surface area contributed by atoms with E-state index in [2.05, 4.69) is 18.2 Å². The highest BCUT2D eigenvalue weighted by Gasteiger charge is 2.25. The lowest BCUT2D eigenvalue weighted by Crippen LogP contribution is -1.83. The van der Waals surface area contributed by atoms with E-state index in [0.717, 1.165) is 33.9 Å². The number of para-hydroxylation sites is 2. The van der Waals surface area contributed by atoms with Crippen molar-refractivity contribution in [2.24, 2.45) is 4.99 Å². The third-order valence-electron chi connectivity index (χ3n) is 4.67. The number of thiophene rings is 1. The lowest BCUT2D eigenvalue weighted by molar-refractivity contribution is 0.474. The van der Waals surface area contributed by atoms with Gasteiger partial charge in [0.25, 0.3) is 0 Å². The van der Waals surface area contributed by atoms with Crippen molar-refractivity contribution in [2.45, 2.75) is 19.3 Å². The predicted octanol–water partition coefficient (Wildman–Crippen LogP) is 5.97. The lowest BCUT2D eigenvalue weighted by atomic mass is 10.1. The molecular weight excluding hydrogens is 360 g/mol. The molecule has 0 spiro atoms. The molecule has 0 saturated heterocycles. The van der Waals surface area contributed by atoms with Crippen LogP contribution in [0.1, 0.15) is 22.4 Å². The Hall–Kier alpha value is -2.50. The SMILES string of the molecule is Oc1ccccc1/C=N/c1sc2c(c1-c1nc3ccccc3s1)CCC2. The van der Waals surface area contributed by atoms with E-state index in [1.54, 1.807) is 35.0 Å². The Kier molecular flexibility index (Phi) is 3.84. The summed E-state index contributed by atoms with van der Waals surface area (Å²) in [6.07, 6.45) is 5.20. The molecule has 0 atom stereocenters. The zero-order valence-corrected chi connectivity index (χ0v) is 15.6. The van der Waals surface area contributed by atoms with Gasteiger partial charge in [0.2, 0.25) is 0 Å². The Morgan fingerprint density at radius 1 is 1.00 bits per heavy atom. The van der Waals surface area contributed by atoms with Crippen LogP contribution in [0.3, 0.4) is 0 Å². The Morgan fingerprint density at radius 2 is 1.85 bits per heavy atom. The Morgan fingerprint density at radius 3 is 2.73 bits per heavy atom. The molecule has 2 heterocycles. The number of thiazole rings is 1. The van der Waals surface area contributed by atoms with Gasteiger partial charge >= 0.3 is 0 Å². The molecule has 0 amide bonds. The summed E-state index contributed by atoms with van der Waals surface area (Å²) < 4.78 is 1.20. The number of aromatic hydroxyl groups is 1. The number of rotatable bonds is 3. The fourth-order valence-electron chi connectivity index (χ4n) is 3.41. The van der Waals surface area contributed by atoms with Gasteiger partial charge in [0, 0.05) is 16.7 Å². The highest BCUT2D eigenvalue weighted by molar-refractivity contribution is 7.22. The molecule has 1 aliphatic carbocycles. The minimum absolute atomic E-state index is 0.252. The van der Waals surface area contributed by atoms with Gasteiger partial charge in [-0.25, -0.2) is 9.98 Å². The van der Waals surface area contributed by atoms with Gasteiger partial charge < -0.3 is 5.11 Å². The van der Waals surface area contributed by atoms with E-state index in [1.807, 2.05) is 24.3 Å². The second-order valence-electron chi connectivity index (χ2n) is 6.34. The molecule has 0 aliphatic heterocycles. The number of phenolic OH excluding ortho intramolecular Hbond substituents is 1. The monoisotopic (exact) mass is 376 g/mol. The first-order valence-electron chi connectivity index (χ1n) is 8.62. The van der Waals surface area contributed by atoms with E-state index >= 15 is 0 Å². The van der Waals surface area contributed by atoms with Crippen LogP contribution in [-0.4, -0.2) is 16.3 Å². The number of hydrogen-bond acceptors (Lipinski definition) is 5. The van der Waals surface area contributed by atoms with Crippen molar-refractivity contribution in [3.8, 4) is 16.3 Å². The van der Waals surface area contributed by atoms with Crippen LogP contribution in [0.4, 0.5) is 5.00 Å². The molecule has 5 rings (SSSR count). The van der Waals surface area contributed by atoms with Gasteiger partial charge in [-0.3, -0.25) is 0 Å². The van der Waals surface area contributed by atoms with Gasteiger partial charge in [0.1, 0.15) is 15.8 Å². The highest BCUT2D eigenvalue weighted by atomic mass is 32.1. The lowest BCUT2D eigenvalue weighted by Gasteiger charge is -2.00. The summed E-state index contributed by atoms with van der Waals surface area (Å²) in [5.74, 6) is 0.252. The number of aromatic nitrogens is 1. The van der Waals surface area contributed by atoms with Crippen LogP contribution in [-0.2, 0) is 12.8 Å². The zero-order valence-electron chi connectivity index (χ0n) is 14.0. The predicted molar refractivity (Wildman–Crippen MR) is 110 cm³/mol. The van der Waals surface area contributed by atoms with Crippen molar-refractivity contribution in [1.29, 1.82) is 0 Å². The molecule has 0 saturated carbocycles. The van der Waals surface area contributed by atoms with Crippen molar-refractivity contribution in [2.75, 3.05) is 0 Å². The molecule has 1 N–H and O–H groups in total. The summed E-state index contributed by atoms with van der Waals surface area (Å²) in [6.45, 7) is 0. The second kappa shape index (κ2) is 6.34. The Balaban J connectivity index is 1.64. The van der Waals surface area contributed by atoms with Crippen LogP contribution >= 0.6 is 22.7 Å². The molecule has 1 aliphatic rings. The number of nitrogens with zero attached hydrogens (tertiary/aromatic N) is 2. The maximum absolute atomic E-state index is 9.99. The molecule has 0 fully saturated rings. The van der Waals surface area contributed by atoms with Crippen LogP contribution in [0.2, 0.25) is 0 Å². The van der Waals surface area contributed by atoms with Crippen LogP contribution < -0.4 is 0 Å². The van der Waals surface area contributed by atoms with Gasteiger partial charge in [0.05, 0.1) is 15.8 Å². The van der Waals surface area contributed by atoms with E-state index in [0.29, 0.717) is 0 Å². The van der Waals surface area contributed by atoms with Gasteiger partial charge in [-0.1, -0.05) is 24.3 Å². The first-order valence-corrected chi connectivity index (χ1v) is 10.3. The molecule has 26 heavy (non-hydrogen) atoms. The number of phenols is 1. The average Bonchev–Trinajstić information content (AvgIpc) is 3.34. The molecule has 4 aromatic rings. The molecule has 128 valence electrons. The number of hydrogen-bond donors (Lipinski definition) is 1. The largest absolute Gasteiger partial charge is 0.507 e. The molecule has 5 heteroatoms. The fraction of sp³-hybridized carbons (Fsp3) is 0.143. The average molecular weight is 377 g/mol. The highest BCUT2D eigenvalue weighted by Crippen LogP contribution is 2.48. The first-order chi connectivity index (χ1) is 12.8. The molecular formula is C21H16N2OS2. The minimum Gasteiger partial charge on any atom is -0.507 e. The van der Waals surface area contributed by atoms with Crippen LogP contribution in [0.25, 0.3) is 20.8 Å². The molecule has 3 nitrogen and oxygen atoms in total. The van der Waals surface area contributed by atoms with Gasteiger partial charge in [0.15, 0.2) is 0 Å². The summed E-state index contributed by atoms with van der Waals surface area (Å²) in [7, 11) is 0. The maximum atomic E-state index is 9.99. The third kappa shape index (κ3) is 2.64. The van der Waals surface area contributed by atoms with Gasteiger partial charge in [-0.05, 0) is 49.1 Å². The van der Waals surface area contributed by atoms with Crippen molar-refractivity contribution < 1.29 is 5.11 Å². The number of benzene rings is 2. The molecule has 2 aromatic carbocycles. The first kappa shape index (κ1) is 15.7. The van der Waals surface area contributed by atoms with Crippen LogP contribution in [0, 0.1) is 0 Å². The third-order valence-corrected chi connectivity index (χ3v) is 6.92. The molecule has 0 bridgehead atoms. The standard InChI is InChI=1S/C21H16N2OS2/c24-16-9-3-1-6-13(16)12-22-20-19(14-7-5-11-17(14)25-20)21-23-15-8-2-4-10-18(15)26-21/h1-4,6,8-10,12,24H,5,7,11H2/b22-12+. The van der Waals surface area contributed by atoms with E-state index < -0.39 is 0 Å². The second-order valence-corrected chi connectivity index (χ2v) is 8.46. The van der Waals surface area contributed by atoms with E-state index in [4.69, 9.17) is 9.98 Å². The Bertz CT molecular complexity index is 1110. The fourth-order valence-corrected chi connectivity index (χ4v) is 5.74. The van der Waals surface area contributed by atoms with Gasteiger partial charge in [-0.15, -0.1) is 22.7 Å². The molecule has 0 unspecified atom stereocenters. The zero-order chi connectivity index (χ0) is 17.5. The van der Waals surface area contributed by atoms with Crippen molar-refractivity contribution in [1.82, 2.24) is 4.98 Å². The summed E-state index contributed by atoms with van der Waals surface area (Å²) in [6, 6.07) is 15.5. The number of fused-ring (bicyclic) bond motifs is 2. The molecule has 2 aromatic heterocycles. The summed E-state index contributed by atoms with van der Waals surface area (Å²) in [5.41, 5.74) is 4.38. The van der Waals surface area contributed by atoms with E-state index in [1.165, 1.54) is 27.1 Å². The normalized spacial score (nSPS) is 13.7. The van der Waals surface area contributed by atoms with Crippen molar-refractivity contribution in [3.63, 3.8) is 0 Å². The van der Waals surface area contributed by atoms with Gasteiger partial charge in [-0.2, -0.15) is 0 Å². The maximum Gasteiger partial charge on any atom is 0.127 e. The number of aliphatic imine (C=N–C) groups is 1. The van der Waals surface area contributed by atoms with E-state index in [9.17, 15) is 5.11 Å². The molecule has 0 radical (unpaired) electrons. The topological polar surface area (TPSA) is 45.5 Å². The van der Waals surface area contributed by atoms with Crippen LogP contribution in [0.15, 0.2) is 53.5 Å². The van der Waals surface area contributed by atoms with Crippen molar-refractivity contribution >= 4 is 44.1 Å². The van der Waals surface area contributed by atoms with Crippen molar-refractivity contribution in [3.05, 3.63) is 64.5 Å². The minimum atomic E-state index is 0.252. The summed E-state index contributed by atoms with van der Waals surface area (Å²) in [4.78, 5) is 11.0. The number of aryl methyl sites for hydroxylation is 1. The summed E-state index contributed by atoms with van der Waals surface area (Å²) >= 11 is 3.50. The quantitative estimate of drug-likeness (QED) is 0.448. The van der Waals surface area contributed by atoms with Crippen LogP contribution in [0.5, 0.6) is 5.75 Å².